The number of nitrogens with zero attached hydrogens (tertiary/aromatic N) is 3. The van der Waals surface area contributed by atoms with E-state index >= 15 is 0 Å². The number of ether oxygens (including phenoxy) is 2. The molecule has 1 N–H and O–H groups in total. The van der Waals surface area contributed by atoms with E-state index < -0.39 is 15.4 Å². The quantitative estimate of drug-likeness (QED) is 0.437. The van der Waals surface area contributed by atoms with Gasteiger partial charge in [-0.1, -0.05) is 37.6 Å². The van der Waals surface area contributed by atoms with Gasteiger partial charge in [0.05, 0.1) is 28.6 Å². The van der Waals surface area contributed by atoms with Gasteiger partial charge in [-0.25, -0.2) is 18.4 Å². The number of nitriles is 1. The molecule has 182 valence electrons. The van der Waals surface area contributed by atoms with Crippen LogP contribution >= 0.6 is 11.6 Å². The van der Waals surface area contributed by atoms with Crippen molar-refractivity contribution in [1.82, 2.24) is 9.97 Å². The highest BCUT2D eigenvalue weighted by Gasteiger charge is 2.29. The van der Waals surface area contributed by atoms with Crippen LogP contribution in [0, 0.1) is 11.3 Å². The van der Waals surface area contributed by atoms with Gasteiger partial charge in [0, 0.05) is 11.6 Å². The van der Waals surface area contributed by atoms with E-state index in [0.29, 0.717) is 27.8 Å². The molecule has 4 rings (SSSR count). The van der Waals surface area contributed by atoms with Gasteiger partial charge in [0.25, 0.3) is 0 Å². The summed E-state index contributed by atoms with van der Waals surface area (Å²) in [5.41, 5.74) is 2.46. The maximum atomic E-state index is 11.4. The average molecular weight is 513 g/mol. The first-order chi connectivity index (χ1) is 16.5. The molecule has 0 atom stereocenters. The summed E-state index contributed by atoms with van der Waals surface area (Å²) in [5, 5.41) is 10.1. The number of sulfonamides is 1. The Morgan fingerprint density at radius 2 is 1.89 bits per heavy atom. The van der Waals surface area contributed by atoms with Crippen LogP contribution in [0.1, 0.15) is 49.1 Å². The van der Waals surface area contributed by atoms with Crippen molar-refractivity contribution in [3.05, 3.63) is 76.1 Å². The summed E-state index contributed by atoms with van der Waals surface area (Å²) in [5.74, 6) is 1.08. The zero-order valence-corrected chi connectivity index (χ0v) is 21.2. The fourth-order valence-corrected chi connectivity index (χ4v) is 4.19. The summed E-state index contributed by atoms with van der Waals surface area (Å²) in [6.45, 7) is 4.27. The maximum absolute atomic E-state index is 11.4. The van der Waals surface area contributed by atoms with Crippen molar-refractivity contribution in [3.8, 4) is 17.6 Å². The Morgan fingerprint density at radius 1 is 1.17 bits per heavy atom. The average Bonchev–Trinajstić information content (AvgIpc) is 3.62. The lowest BCUT2D eigenvalue weighted by Crippen LogP contribution is -2.19. The molecule has 0 aliphatic heterocycles. The maximum Gasteiger partial charge on any atom is 0.236 e. The molecule has 10 heteroatoms. The highest BCUT2D eigenvalue weighted by molar-refractivity contribution is 7.91. The standard InChI is InChI=1S/C25H25ClN4O4S/c1-25(2,18-12-16(14-27)23(22(26)13-18)34-21-8-9-21)17-4-6-20(7-5-17)33-15-19-10-11-28-24(29-19)30-35(3,31)32/h4-7,10-13,21H,8-9,15H2,1-3H3,(H,28,29,30). The minimum absolute atomic E-state index is 0.00496. The molecule has 0 radical (unpaired) electrons. The predicted octanol–water partition coefficient (Wildman–Crippen LogP) is 4.82. The largest absolute Gasteiger partial charge is 0.487 e. The second-order valence-corrected chi connectivity index (χ2v) is 11.1. The molecule has 1 fully saturated rings. The molecule has 1 saturated carbocycles. The van der Waals surface area contributed by atoms with E-state index in [4.69, 9.17) is 21.1 Å². The summed E-state index contributed by atoms with van der Waals surface area (Å²) < 4.78 is 36.7. The summed E-state index contributed by atoms with van der Waals surface area (Å²) in [6.07, 6.45) is 4.62. The van der Waals surface area contributed by atoms with Crippen LogP contribution in [0.25, 0.3) is 0 Å². The normalized spacial score (nSPS) is 13.7. The van der Waals surface area contributed by atoms with Crippen molar-refractivity contribution in [3.63, 3.8) is 0 Å². The van der Waals surface area contributed by atoms with Gasteiger partial charge in [0.1, 0.15) is 18.4 Å². The van der Waals surface area contributed by atoms with Gasteiger partial charge in [0.2, 0.25) is 16.0 Å². The van der Waals surface area contributed by atoms with Crippen LogP contribution in [-0.2, 0) is 22.0 Å². The van der Waals surface area contributed by atoms with Crippen LogP contribution in [0.15, 0.2) is 48.7 Å². The second kappa shape index (κ2) is 9.72. The van der Waals surface area contributed by atoms with Crippen molar-refractivity contribution in [1.29, 1.82) is 5.26 Å². The van der Waals surface area contributed by atoms with Crippen LogP contribution in [0.5, 0.6) is 11.5 Å². The zero-order valence-electron chi connectivity index (χ0n) is 19.6. The van der Waals surface area contributed by atoms with Crippen LogP contribution in [-0.4, -0.2) is 30.7 Å². The van der Waals surface area contributed by atoms with Crippen LogP contribution < -0.4 is 14.2 Å². The molecule has 0 unspecified atom stereocenters. The van der Waals surface area contributed by atoms with E-state index in [1.165, 1.54) is 6.20 Å². The van der Waals surface area contributed by atoms with Crippen molar-refractivity contribution >= 4 is 27.6 Å². The van der Waals surface area contributed by atoms with Gasteiger partial charge < -0.3 is 9.47 Å². The molecular formula is C25H25ClN4O4S. The molecule has 0 bridgehead atoms. The van der Waals surface area contributed by atoms with E-state index in [-0.39, 0.29) is 18.7 Å². The third-order valence-electron chi connectivity index (χ3n) is 5.65. The summed E-state index contributed by atoms with van der Waals surface area (Å²) in [7, 11) is -3.46. The fourth-order valence-electron chi connectivity index (χ4n) is 3.49. The Morgan fingerprint density at radius 3 is 2.51 bits per heavy atom. The summed E-state index contributed by atoms with van der Waals surface area (Å²) in [6, 6.07) is 15.2. The lowest BCUT2D eigenvalue weighted by Gasteiger charge is -2.27. The lowest BCUT2D eigenvalue weighted by molar-refractivity contribution is 0.301. The van der Waals surface area contributed by atoms with Gasteiger partial charge in [0.15, 0.2) is 5.75 Å². The highest BCUT2D eigenvalue weighted by atomic mass is 35.5. The molecule has 0 spiro atoms. The first kappa shape index (κ1) is 24.8. The number of halogens is 1. The molecule has 3 aromatic rings. The van der Waals surface area contributed by atoms with Gasteiger partial charge >= 0.3 is 0 Å². The summed E-state index contributed by atoms with van der Waals surface area (Å²) in [4.78, 5) is 8.04. The molecule has 35 heavy (non-hydrogen) atoms. The first-order valence-corrected chi connectivity index (χ1v) is 13.3. The number of nitrogens with one attached hydrogen (secondary N) is 1. The number of hydrogen-bond acceptors (Lipinski definition) is 7. The van der Waals surface area contributed by atoms with Crippen molar-refractivity contribution < 1.29 is 17.9 Å². The first-order valence-electron chi connectivity index (χ1n) is 11.0. The number of anilines is 1. The van der Waals surface area contributed by atoms with Gasteiger partial charge in [-0.05, 0) is 54.3 Å². The van der Waals surface area contributed by atoms with E-state index in [0.717, 1.165) is 30.2 Å². The number of hydrogen-bond donors (Lipinski definition) is 1. The molecule has 0 amide bonds. The third-order valence-corrected chi connectivity index (χ3v) is 6.48. The molecule has 1 aliphatic rings. The monoisotopic (exact) mass is 512 g/mol. The molecule has 2 aromatic carbocycles. The fraction of sp³-hybridized carbons (Fsp3) is 0.320. The molecule has 1 aromatic heterocycles. The Hall–Kier alpha value is -3.35. The number of rotatable bonds is 9. The van der Waals surface area contributed by atoms with Crippen LogP contribution in [0.3, 0.4) is 0 Å². The van der Waals surface area contributed by atoms with E-state index in [1.807, 2.05) is 36.4 Å². The van der Waals surface area contributed by atoms with Gasteiger partial charge in [-0.2, -0.15) is 5.26 Å². The Kier molecular flexibility index (Phi) is 6.88. The third kappa shape index (κ3) is 6.21. The molecular weight excluding hydrogens is 488 g/mol. The van der Waals surface area contributed by atoms with Crippen molar-refractivity contribution in [2.45, 2.75) is 44.8 Å². The van der Waals surface area contributed by atoms with Gasteiger partial charge in [-0.15, -0.1) is 0 Å². The highest BCUT2D eigenvalue weighted by Crippen LogP contribution is 2.40. The van der Waals surface area contributed by atoms with E-state index in [2.05, 4.69) is 34.6 Å². The molecule has 0 saturated heterocycles. The lowest BCUT2D eigenvalue weighted by atomic mass is 9.77. The minimum atomic E-state index is -3.46. The molecule has 8 nitrogen and oxygen atoms in total. The van der Waals surface area contributed by atoms with Crippen LogP contribution in [0.2, 0.25) is 5.02 Å². The molecule has 1 aliphatic carbocycles. The van der Waals surface area contributed by atoms with Crippen molar-refractivity contribution in [2.75, 3.05) is 11.0 Å². The second-order valence-electron chi connectivity index (χ2n) is 8.95. The van der Waals surface area contributed by atoms with Gasteiger partial charge in [-0.3, -0.25) is 4.72 Å². The minimum Gasteiger partial charge on any atom is -0.487 e. The SMILES string of the molecule is CC(C)(c1ccc(OCc2ccnc(NS(C)(=O)=O)n2)cc1)c1cc(Cl)c(OC2CC2)c(C#N)c1. The number of aromatic nitrogens is 2. The van der Waals surface area contributed by atoms with E-state index in [1.54, 1.807) is 6.07 Å². The topological polar surface area (TPSA) is 114 Å². The number of benzene rings is 2. The zero-order chi connectivity index (χ0) is 25.2. The van der Waals surface area contributed by atoms with E-state index in [9.17, 15) is 13.7 Å². The predicted molar refractivity (Wildman–Crippen MR) is 133 cm³/mol. The van der Waals surface area contributed by atoms with Crippen LogP contribution in [0.4, 0.5) is 5.95 Å². The molecule has 1 heterocycles. The summed E-state index contributed by atoms with van der Waals surface area (Å²) >= 11 is 6.51. The Labute approximate surface area is 209 Å². The smallest absolute Gasteiger partial charge is 0.236 e. The Bertz CT molecular complexity index is 1380. The van der Waals surface area contributed by atoms with Crippen molar-refractivity contribution in [2.24, 2.45) is 0 Å². The Balaban J connectivity index is 1.48.